The minimum absolute atomic E-state index is 0.296. The summed E-state index contributed by atoms with van der Waals surface area (Å²) in [6, 6.07) is 8.86. The first-order valence-corrected chi connectivity index (χ1v) is 9.86. The molecule has 0 aromatic heterocycles. The number of likely N-dealkylation sites (tertiary alicyclic amines) is 1. The lowest BCUT2D eigenvalue weighted by molar-refractivity contribution is -0.118. The fraction of sp³-hybridized carbons (Fsp3) is 0.667. The number of piperidine rings is 1. The second kappa shape index (κ2) is 8.81. The molecule has 2 saturated heterocycles. The smallest absolute Gasteiger partial charge is 0.143 e. The summed E-state index contributed by atoms with van der Waals surface area (Å²) in [5.74, 6) is 1.14. The van der Waals surface area contributed by atoms with Gasteiger partial charge >= 0.3 is 0 Å². The van der Waals surface area contributed by atoms with E-state index in [1.807, 2.05) is 0 Å². The van der Waals surface area contributed by atoms with Gasteiger partial charge in [0.1, 0.15) is 5.78 Å². The summed E-state index contributed by atoms with van der Waals surface area (Å²) in [5.41, 5.74) is 2.72. The minimum Gasteiger partial charge on any atom is -0.369 e. The zero-order valence-corrected chi connectivity index (χ0v) is 15.9. The third kappa shape index (κ3) is 5.55. The molecule has 0 atom stereocenters. The molecule has 1 aromatic rings. The van der Waals surface area contributed by atoms with E-state index in [0.29, 0.717) is 12.3 Å². The molecule has 2 aliphatic heterocycles. The molecule has 0 N–H and O–H groups in total. The van der Waals surface area contributed by atoms with Crippen molar-refractivity contribution in [3.63, 3.8) is 0 Å². The molecule has 0 aliphatic carbocycles. The third-order valence-corrected chi connectivity index (χ3v) is 5.75. The molecule has 3 rings (SSSR count). The maximum Gasteiger partial charge on any atom is 0.143 e. The van der Waals surface area contributed by atoms with Crippen molar-refractivity contribution in [1.29, 1.82) is 0 Å². The number of Topliss-reactive ketones (excluding diaryl/α,β-unsaturated/α-hetero) is 1. The molecule has 2 heterocycles. The largest absolute Gasteiger partial charge is 0.369 e. The molecular weight excluding hydrogens is 310 g/mol. The molecule has 138 valence electrons. The molecule has 2 aliphatic rings. The van der Waals surface area contributed by atoms with Crippen LogP contribution in [0.15, 0.2) is 24.3 Å². The average Bonchev–Trinajstić information content (AvgIpc) is 2.61. The molecule has 4 nitrogen and oxygen atoms in total. The van der Waals surface area contributed by atoms with Crippen molar-refractivity contribution in [3.05, 3.63) is 29.8 Å². The number of hydrogen-bond acceptors (Lipinski definition) is 4. The number of nitrogens with zero attached hydrogens (tertiary/aromatic N) is 3. The number of carbonyl (C=O) groups excluding carboxylic acids is 1. The van der Waals surface area contributed by atoms with Gasteiger partial charge in [0, 0.05) is 31.9 Å². The number of anilines is 1. The third-order valence-electron chi connectivity index (χ3n) is 5.75. The van der Waals surface area contributed by atoms with Gasteiger partial charge in [0.25, 0.3) is 0 Å². The lowest BCUT2D eigenvalue weighted by atomic mass is 9.93. The Morgan fingerprint density at radius 3 is 2.40 bits per heavy atom. The molecule has 25 heavy (non-hydrogen) atoms. The summed E-state index contributed by atoms with van der Waals surface area (Å²) in [7, 11) is 0. The fourth-order valence-corrected chi connectivity index (χ4v) is 4.17. The molecule has 4 heteroatoms. The van der Waals surface area contributed by atoms with Crippen molar-refractivity contribution in [2.75, 3.05) is 57.3 Å². The van der Waals surface area contributed by atoms with E-state index in [1.54, 1.807) is 6.92 Å². The lowest BCUT2D eigenvalue weighted by Crippen LogP contribution is -2.47. The predicted octanol–water partition coefficient (Wildman–Crippen LogP) is 2.81. The van der Waals surface area contributed by atoms with Gasteiger partial charge in [-0.3, -0.25) is 14.6 Å². The molecule has 0 bridgehead atoms. The number of ketones is 1. The van der Waals surface area contributed by atoms with Crippen molar-refractivity contribution in [3.8, 4) is 0 Å². The normalized spacial score (nSPS) is 20.8. The van der Waals surface area contributed by atoms with Gasteiger partial charge in [-0.05, 0) is 76.4 Å². The van der Waals surface area contributed by atoms with E-state index in [4.69, 9.17) is 0 Å². The number of rotatable bonds is 6. The van der Waals surface area contributed by atoms with Crippen LogP contribution in [0, 0.1) is 12.8 Å². The van der Waals surface area contributed by atoms with Gasteiger partial charge in [-0.1, -0.05) is 12.1 Å². The summed E-state index contributed by atoms with van der Waals surface area (Å²) in [5, 5.41) is 0. The Labute approximate surface area is 152 Å². The predicted molar refractivity (Wildman–Crippen MR) is 104 cm³/mol. The van der Waals surface area contributed by atoms with Crippen LogP contribution in [0.4, 0.5) is 5.69 Å². The fourth-order valence-electron chi connectivity index (χ4n) is 4.17. The van der Waals surface area contributed by atoms with Crippen molar-refractivity contribution in [1.82, 2.24) is 9.80 Å². The summed E-state index contributed by atoms with van der Waals surface area (Å²) in [4.78, 5) is 18.7. The van der Waals surface area contributed by atoms with E-state index >= 15 is 0 Å². The van der Waals surface area contributed by atoms with Gasteiger partial charge in [0.05, 0.1) is 6.54 Å². The van der Waals surface area contributed by atoms with Crippen LogP contribution in [-0.2, 0) is 4.79 Å². The molecule has 0 spiro atoms. The SMILES string of the molecule is CC(=O)CN1CCC(CCN2CCN(c3cccc(C)c3)CC2)CC1. The number of hydrogen-bond donors (Lipinski definition) is 0. The zero-order chi connectivity index (χ0) is 17.6. The Bertz CT molecular complexity index is 558. The van der Waals surface area contributed by atoms with Crippen molar-refractivity contribution < 1.29 is 4.79 Å². The topological polar surface area (TPSA) is 26.8 Å². The van der Waals surface area contributed by atoms with E-state index in [9.17, 15) is 4.79 Å². The first-order valence-electron chi connectivity index (χ1n) is 9.86. The highest BCUT2D eigenvalue weighted by atomic mass is 16.1. The highest BCUT2D eigenvalue weighted by molar-refractivity contribution is 5.77. The quantitative estimate of drug-likeness (QED) is 0.794. The van der Waals surface area contributed by atoms with Crippen LogP contribution in [0.2, 0.25) is 0 Å². The molecule has 2 fully saturated rings. The Morgan fingerprint density at radius 2 is 1.76 bits per heavy atom. The van der Waals surface area contributed by atoms with Crippen LogP contribution >= 0.6 is 0 Å². The maximum absolute atomic E-state index is 11.2. The van der Waals surface area contributed by atoms with Crippen LogP contribution in [-0.4, -0.2) is 67.9 Å². The molecule has 1 aromatic carbocycles. The minimum atomic E-state index is 0.296. The second-order valence-electron chi connectivity index (χ2n) is 7.88. The van der Waals surface area contributed by atoms with Gasteiger partial charge in [-0.2, -0.15) is 0 Å². The van der Waals surface area contributed by atoms with Crippen molar-refractivity contribution >= 4 is 11.5 Å². The molecule has 0 saturated carbocycles. The molecule has 0 unspecified atom stereocenters. The number of aryl methyl sites for hydroxylation is 1. The summed E-state index contributed by atoms with van der Waals surface area (Å²) in [6.45, 7) is 12.6. The van der Waals surface area contributed by atoms with E-state index in [1.165, 1.54) is 50.1 Å². The number of piperazine rings is 1. The zero-order valence-electron chi connectivity index (χ0n) is 15.9. The summed E-state index contributed by atoms with van der Waals surface area (Å²) in [6.07, 6.45) is 3.84. The Balaban J connectivity index is 1.35. The standard InChI is InChI=1S/C21H33N3O/c1-18-4-3-5-21(16-18)24-14-12-22(13-15-24)9-6-20-7-10-23(11-8-20)17-19(2)25/h3-5,16,20H,6-15,17H2,1-2H3. The van der Waals surface area contributed by atoms with Crippen molar-refractivity contribution in [2.24, 2.45) is 5.92 Å². The van der Waals surface area contributed by atoms with E-state index in [0.717, 1.165) is 32.1 Å². The van der Waals surface area contributed by atoms with E-state index < -0.39 is 0 Å². The highest BCUT2D eigenvalue weighted by Gasteiger charge is 2.22. The Kier molecular flexibility index (Phi) is 6.49. The van der Waals surface area contributed by atoms with Crippen LogP contribution < -0.4 is 4.90 Å². The Hall–Kier alpha value is -1.39. The van der Waals surface area contributed by atoms with Crippen molar-refractivity contribution in [2.45, 2.75) is 33.1 Å². The maximum atomic E-state index is 11.2. The van der Waals surface area contributed by atoms with E-state index in [2.05, 4.69) is 45.9 Å². The first-order chi connectivity index (χ1) is 12.1. The van der Waals surface area contributed by atoms with Crippen LogP contribution in [0.5, 0.6) is 0 Å². The van der Waals surface area contributed by atoms with Gasteiger partial charge in [0.15, 0.2) is 0 Å². The lowest BCUT2D eigenvalue weighted by Gasteiger charge is -2.37. The first kappa shape index (κ1) is 18.4. The number of benzene rings is 1. The van der Waals surface area contributed by atoms with Gasteiger partial charge in [-0.25, -0.2) is 0 Å². The Morgan fingerprint density at radius 1 is 1.04 bits per heavy atom. The summed E-state index contributed by atoms with van der Waals surface area (Å²) >= 11 is 0. The van der Waals surface area contributed by atoms with Crippen LogP contribution in [0.3, 0.4) is 0 Å². The second-order valence-corrected chi connectivity index (χ2v) is 7.88. The molecular formula is C21H33N3O. The average molecular weight is 344 g/mol. The van der Waals surface area contributed by atoms with Crippen LogP contribution in [0.25, 0.3) is 0 Å². The summed E-state index contributed by atoms with van der Waals surface area (Å²) < 4.78 is 0. The number of carbonyl (C=O) groups is 1. The van der Waals surface area contributed by atoms with Gasteiger partial charge < -0.3 is 4.90 Å². The molecule has 0 amide bonds. The van der Waals surface area contributed by atoms with Gasteiger partial charge in [0.2, 0.25) is 0 Å². The van der Waals surface area contributed by atoms with Crippen LogP contribution in [0.1, 0.15) is 31.7 Å². The van der Waals surface area contributed by atoms with Gasteiger partial charge in [-0.15, -0.1) is 0 Å². The molecule has 0 radical (unpaired) electrons. The monoisotopic (exact) mass is 343 g/mol. The van der Waals surface area contributed by atoms with E-state index in [-0.39, 0.29) is 0 Å². The highest BCUT2D eigenvalue weighted by Crippen LogP contribution is 2.22.